The number of benzene rings is 1. The summed E-state index contributed by atoms with van der Waals surface area (Å²) in [7, 11) is 1.57. The zero-order valence-electron chi connectivity index (χ0n) is 13.0. The van der Waals surface area contributed by atoms with Crippen molar-refractivity contribution in [1.82, 2.24) is 15.3 Å². The first-order valence-corrected chi connectivity index (χ1v) is 7.57. The molecule has 0 saturated carbocycles. The lowest BCUT2D eigenvalue weighted by Crippen LogP contribution is -2.23. The second kappa shape index (κ2) is 6.96. The van der Waals surface area contributed by atoms with Crippen molar-refractivity contribution in [2.75, 3.05) is 7.11 Å². The predicted octanol–water partition coefficient (Wildman–Crippen LogP) is 2.82. The Bertz CT molecular complexity index is 811. The molecular weight excluding hydrogens is 290 g/mol. The van der Waals surface area contributed by atoms with Crippen LogP contribution in [-0.2, 0) is 17.8 Å². The minimum absolute atomic E-state index is 0.0150. The Morgan fingerprint density at radius 3 is 2.96 bits per heavy atom. The van der Waals surface area contributed by atoms with Crippen LogP contribution in [0.2, 0.25) is 0 Å². The third-order valence-electron chi connectivity index (χ3n) is 3.82. The maximum atomic E-state index is 12.1. The number of aromatic amines is 1. The molecule has 0 aliphatic rings. The highest BCUT2D eigenvalue weighted by atomic mass is 16.5. The lowest BCUT2D eigenvalue weighted by molar-refractivity contribution is -0.121. The number of ether oxygens (including phenoxy) is 1. The Hall–Kier alpha value is -2.82. The second-order valence-electron chi connectivity index (χ2n) is 5.31. The summed E-state index contributed by atoms with van der Waals surface area (Å²) < 4.78 is 5.18. The Morgan fingerprint density at radius 1 is 1.22 bits per heavy atom. The van der Waals surface area contributed by atoms with Crippen LogP contribution in [0.5, 0.6) is 5.88 Å². The quantitative estimate of drug-likeness (QED) is 0.736. The lowest BCUT2D eigenvalue weighted by Gasteiger charge is -2.08. The van der Waals surface area contributed by atoms with Crippen molar-refractivity contribution in [3.63, 3.8) is 0 Å². The van der Waals surface area contributed by atoms with Crippen molar-refractivity contribution in [1.29, 1.82) is 0 Å². The molecule has 0 atom stereocenters. The van der Waals surface area contributed by atoms with Gasteiger partial charge in [0.25, 0.3) is 0 Å². The van der Waals surface area contributed by atoms with E-state index in [4.69, 9.17) is 4.74 Å². The predicted molar refractivity (Wildman–Crippen MR) is 89.3 cm³/mol. The highest BCUT2D eigenvalue weighted by Crippen LogP contribution is 2.19. The number of pyridine rings is 1. The lowest BCUT2D eigenvalue weighted by atomic mass is 10.1. The van der Waals surface area contributed by atoms with Crippen LogP contribution in [0, 0.1) is 0 Å². The normalized spacial score (nSPS) is 10.7. The third-order valence-corrected chi connectivity index (χ3v) is 3.82. The summed E-state index contributed by atoms with van der Waals surface area (Å²) in [5, 5.41) is 4.09. The van der Waals surface area contributed by atoms with Gasteiger partial charge in [0.15, 0.2) is 0 Å². The number of hydrogen-bond acceptors (Lipinski definition) is 3. The molecule has 23 heavy (non-hydrogen) atoms. The van der Waals surface area contributed by atoms with E-state index in [0.29, 0.717) is 25.3 Å². The number of hydrogen-bond donors (Lipinski definition) is 2. The number of H-pyrrole nitrogens is 1. The van der Waals surface area contributed by atoms with Gasteiger partial charge in [-0.3, -0.25) is 4.79 Å². The average Bonchev–Trinajstić information content (AvgIpc) is 3.01. The van der Waals surface area contributed by atoms with E-state index in [9.17, 15) is 4.79 Å². The molecule has 0 saturated heterocycles. The average molecular weight is 309 g/mol. The van der Waals surface area contributed by atoms with E-state index in [2.05, 4.69) is 21.4 Å². The van der Waals surface area contributed by atoms with Gasteiger partial charge in [-0.25, -0.2) is 4.98 Å². The monoisotopic (exact) mass is 309 g/mol. The van der Waals surface area contributed by atoms with E-state index in [-0.39, 0.29) is 5.91 Å². The van der Waals surface area contributed by atoms with Crippen LogP contribution in [0.1, 0.15) is 17.5 Å². The van der Waals surface area contributed by atoms with Crippen molar-refractivity contribution < 1.29 is 9.53 Å². The van der Waals surface area contributed by atoms with Crippen LogP contribution in [-0.4, -0.2) is 23.0 Å². The minimum Gasteiger partial charge on any atom is -0.481 e. The number of carbonyl (C=O) groups excluding carboxylic acids is 1. The summed E-state index contributed by atoms with van der Waals surface area (Å²) in [6, 6.07) is 11.8. The first-order valence-electron chi connectivity index (χ1n) is 7.57. The Labute approximate surface area is 134 Å². The molecule has 0 aliphatic heterocycles. The minimum atomic E-state index is 0.0150. The molecule has 5 heteroatoms. The zero-order valence-corrected chi connectivity index (χ0v) is 13.0. The van der Waals surface area contributed by atoms with Crippen LogP contribution >= 0.6 is 0 Å². The molecule has 2 heterocycles. The van der Waals surface area contributed by atoms with Gasteiger partial charge in [0.1, 0.15) is 0 Å². The van der Waals surface area contributed by atoms with Crippen molar-refractivity contribution in [3.8, 4) is 5.88 Å². The Morgan fingerprint density at radius 2 is 2.09 bits per heavy atom. The number of carbonyl (C=O) groups is 1. The standard InChI is InChI=1S/C18H19N3O2/c1-23-18-14(5-4-10-19-18)12-21-17(22)9-8-13-11-20-16-7-3-2-6-15(13)16/h2-7,10-11,20H,8-9,12H2,1H3,(H,21,22). The molecular formula is C18H19N3O2. The fourth-order valence-electron chi connectivity index (χ4n) is 2.61. The van der Waals surface area contributed by atoms with E-state index < -0.39 is 0 Å². The molecule has 5 nitrogen and oxygen atoms in total. The Kier molecular flexibility index (Phi) is 4.57. The van der Waals surface area contributed by atoms with E-state index in [1.54, 1.807) is 13.3 Å². The van der Waals surface area contributed by atoms with Crippen LogP contribution in [0.3, 0.4) is 0 Å². The number of para-hydroxylation sites is 1. The molecule has 2 N–H and O–H groups in total. The molecule has 3 aromatic rings. The summed E-state index contributed by atoms with van der Waals surface area (Å²) >= 11 is 0. The largest absolute Gasteiger partial charge is 0.481 e. The number of fused-ring (bicyclic) bond motifs is 1. The van der Waals surface area contributed by atoms with Gasteiger partial charge in [-0.15, -0.1) is 0 Å². The van der Waals surface area contributed by atoms with Gasteiger partial charge < -0.3 is 15.0 Å². The molecule has 0 fully saturated rings. The van der Waals surface area contributed by atoms with Gasteiger partial charge in [0.05, 0.1) is 7.11 Å². The van der Waals surface area contributed by atoms with Crippen molar-refractivity contribution >= 4 is 16.8 Å². The zero-order chi connectivity index (χ0) is 16.1. The summed E-state index contributed by atoms with van der Waals surface area (Å²) in [5.41, 5.74) is 3.13. The first kappa shape index (κ1) is 15.1. The molecule has 0 bridgehead atoms. The molecule has 3 rings (SSSR count). The number of aromatic nitrogens is 2. The smallest absolute Gasteiger partial charge is 0.220 e. The molecule has 0 spiro atoms. The number of aryl methyl sites for hydroxylation is 1. The highest BCUT2D eigenvalue weighted by Gasteiger charge is 2.08. The molecule has 0 radical (unpaired) electrons. The number of amides is 1. The Balaban J connectivity index is 1.56. The van der Waals surface area contributed by atoms with Crippen molar-refractivity contribution in [2.24, 2.45) is 0 Å². The number of methoxy groups -OCH3 is 1. The van der Waals surface area contributed by atoms with Crippen molar-refractivity contribution in [3.05, 3.63) is 59.9 Å². The van der Waals surface area contributed by atoms with Gasteiger partial charge in [0, 0.05) is 41.8 Å². The van der Waals surface area contributed by atoms with Crippen LogP contribution in [0.4, 0.5) is 0 Å². The molecule has 118 valence electrons. The second-order valence-corrected chi connectivity index (χ2v) is 5.31. The molecule has 1 amide bonds. The van der Waals surface area contributed by atoms with Gasteiger partial charge in [-0.2, -0.15) is 0 Å². The van der Waals surface area contributed by atoms with Crippen LogP contribution < -0.4 is 10.1 Å². The maximum Gasteiger partial charge on any atom is 0.220 e. The van der Waals surface area contributed by atoms with Gasteiger partial charge in [-0.05, 0) is 24.1 Å². The topological polar surface area (TPSA) is 67.0 Å². The summed E-state index contributed by atoms with van der Waals surface area (Å²) in [4.78, 5) is 19.4. The van der Waals surface area contributed by atoms with Crippen LogP contribution in [0.25, 0.3) is 10.9 Å². The van der Waals surface area contributed by atoms with Gasteiger partial charge >= 0.3 is 0 Å². The maximum absolute atomic E-state index is 12.1. The summed E-state index contributed by atoms with van der Waals surface area (Å²) in [5.74, 6) is 0.561. The molecule has 1 aromatic carbocycles. The van der Waals surface area contributed by atoms with Gasteiger partial charge in [0.2, 0.25) is 11.8 Å². The summed E-state index contributed by atoms with van der Waals surface area (Å²) in [6.45, 7) is 0.420. The first-order chi connectivity index (χ1) is 11.3. The van der Waals surface area contributed by atoms with E-state index in [1.807, 2.05) is 36.5 Å². The van der Waals surface area contributed by atoms with Crippen molar-refractivity contribution in [2.45, 2.75) is 19.4 Å². The fourth-order valence-corrected chi connectivity index (χ4v) is 2.61. The number of nitrogens with zero attached hydrogens (tertiary/aromatic N) is 1. The highest BCUT2D eigenvalue weighted by molar-refractivity contribution is 5.84. The van der Waals surface area contributed by atoms with E-state index in [1.165, 1.54) is 5.39 Å². The molecule has 2 aromatic heterocycles. The van der Waals surface area contributed by atoms with Gasteiger partial charge in [-0.1, -0.05) is 24.3 Å². The summed E-state index contributed by atoms with van der Waals surface area (Å²) in [6.07, 6.45) is 4.80. The number of nitrogens with one attached hydrogen (secondary N) is 2. The SMILES string of the molecule is COc1ncccc1CNC(=O)CCc1c[nH]c2ccccc12. The van der Waals surface area contributed by atoms with E-state index >= 15 is 0 Å². The molecule has 0 aliphatic carbocycles. The van der Waals surface area contributed by atoms with Crippen LogP contribution in [0.15, 0.2) is 48.8 Å². The molecule has 0 unspecified atom stereocenters. The fraction of sp³-hybridized carbons (Fsp3) is 0.222. The number of rotatable bonds is 6. The van der Waals surface area contributed by atoms with E-state index in [0.717, 1.165) is 16.6 Å². The third kappa shape index (κ3) is 3.51.